The molecule has 29 heavy (non-hydrogen) atoms. The summed E-state index contributed by atoms with van der Waals surface area (Å²) >= 11 is 1.40. The van der Waals surface area contributed by atoms with Crippen molar-refractivity contribution in [3.8, 4) is 0 Å². The maximum atomic E-state index is 13.2. The number of aliphatic carboxylic acids is 2. The highest BCUT2D eigenvalue weighted by atomic mass is 32.1. The number of fused-ring (bicyclic) bond motifs is 1. The van der Waals surface area contributed by atoms with Gasteiger partial charge in [0.1, 0.15) is 5.82 Å². The van der Waals surface area contributed by atoms with E-state index in [9.17, 15) is 14.0 Å². The van der Waals surface area contributed by atoms with Gasteiger partial charge in [0.25, 0.3) is 0 Å². The average Bonchev–Trinajstić information content (AvgIpc) is 3.10. The van der Waals surface area contributed by atoms with Crippen molar-refractivity contribution in [3.63, 3.8) is 0 Å². The van der Waals surface area contributed by atoms with E-state index in [0.717, 1.165) is 48.3 Å². The molecule has 2 aromatic rings. The number of carboxylic acids is 2. The van der Waals surface area contributed by atoms with Gasteiger partial charge in [-0.05, 0) is 61.6 Å². The molecule has 0 aliphatic carbocycles. The van der Waals surface area contributed by atoms with Crippen molar-refractivity contribution in [1.82, 2.24) is 9.27 Å². The standard InChI is InChI=1S/C16H21FN2OS.C4H4O4/c1-11(10-20)9-19-6-4-12(5-7-19)16-14-3-2-13(17)8-15(14)21-18-16;5-3(6)1-2-4(7)8/h2-3,8,11-12,20H,4-7,9-10H2,1H3;1-2H,(H,5,6)(H,7,8)/t11-;/m0./s1. The van der Waals surface area contributed by atoms with E-state index in [-0.39, 0.29) is 12.4 Å². The van der Waals surface area contributed by atoms with Crippen LogP contribution < -0.4 is 0 Å². The molecule has 1 fully saturated rings. The Bertz CT molecular complexity index is 846. The van der Waals surface area contributed by atoms with Gasteiger partial charge < -0.3 is 20.2 Å². The fraction of sp³-hybridized carbons (Fsp3) is 0.450. The molecule has 7 nitrogen and oxygen atoms in total. The van der Waals surface area contributed by atoms with Crippen LogP contribution in [0.2, 0.25) is 0 Å². The van der Waals surface area contributed by atoms with E-state index in [2.05, 4.69) is 16.2 Å². The average molecular weight is 424 g/mol. The Hall–Kier alpha value is -2.36. The number of nitrogens with zero attached hydrogens (tertiary/aromatic N) is 2. The Labute approximate surface area is 172 Å². The van der Waals surface area contributed by atoms with E-state index in [0.29, 0.717) is 24.0 Å². The normalized spacial score (nSPS) is 16.5. The summed E-state index contributed by atoms with van der Waals surface area (Å²) < 4.78 is 18.8. The largest absolute Gasteiger partial charge is 0.478 e. The van der Waals surface area contributed by atoms with E-state index in [1.54, 1.807) is 6.07 Å². The van der Waals surface area contributed by atoms with Gasteiger partial charge in [-0.15, -0.1) is 0 Å². The maximum absolute atomic E-state index is 13.2. The van der Waals surface area contributed by atoms with Crippen molar-refractivity contribution < 1.29 is 29.3 Å². The molecule has 0 spiro atoms. The molecular weight excluding hydrogens is 399 g/mol. The van der Waals surface area contributed by atoms with Crippen molar-refractivity contribution in [2.24, 2.45) is 5.92 Å². The first-order chi connectivity index (χ1) is 13.8. The molecule has 1 saturated heterocycles. The Morgan fingerprint density at radius 2 is 1.90 bits per heavy atom. The molecule has 1 aliphatic rings. The fourth-order valence-electron chi connectivity index (χ4n) is 3.26. The van der Waals surface area contributed by atoms with Gasteiger partial charge in [-0.3, -0.25) is 0 Å². The smallest absolute Gasteiger partial charge is 0.328 e. The maximum Gasteiger partial charge on any atom is 0.328 e. The van der Waals surface area contributed by atoms with Crippen LogP contribution in [-0.4, -0.2) is 62.8 Å². The number of carbonyl (C=O) groups is 2. The number of piperidine rings is 1. The number of hydrogen-bond donors (Lipinski definition) is 3. The summed E-state index contributed by atoms with van der Waals surface area (Å²) in [7, 11) is 0. The van der Waals surface area contributed by atoms with Crippen LogP contribution in [0.3, 0.4) is 0 Å². The fourth-order valence-corrected chi connectivity index (χ4v) is 4.14. The topological polar surface area (TPSA) is 111 Å². The molecule has 0 radical (unpaired) electrons. The van der Waals surface area contributed by atoms with Crippen LogP contribution in [0.15, 0.2) is 30.4 Å². The first-order valence-corrected chi connectivity index (χ1v) is 10.1. The minimum atomic E-state index is -1.26. The number of halogens is 1. The lowest BCUT2D eigenvalue weighted by atomic mass is 9.91. The highest BCUT2D eigenvalue weighted by Gasteiger charge is 2.24. The number of aliphatic hydroxyl groups is 1. The zero-order valence-corrected chi connectivity index (χ0v) is 16.9. The minimum absolute atomic E-state index is 0.189. The van der Waals surface area contributed by atoms with Crippen LogP contribution in [-0.2, 0) is 9.59 Å². The molecule has 1 aromatic carbocycles. The Morgan fingerprint density at radius 3 is 2.45 bits per heavy atom. The minimum Gasteiger partial charge on any atom is -0.478 e. The van der Waals surface area contributed by atoms with Crippen molar-refractivity contribution in [1.29, 1.82) is 0 Å². The molecule has 3 N–H and O–H groups in total. The Balaban J connectivity index is 0.000000321. The summed E-state index contributed by atoms with van der Waals surface area (Å²) in [6.07, 6.45) is 3.30. The quantitative estimate of drug-likeness (QED) is 0.612. The van der Waals surface area contributed by atoms with Crippen molar-refractivity contribution in [2.45, 2.75) is 25.7 Å². The molecule has 0 saturated carbocycles. The number of benzene rings is 1. The molecule has 1 atom stereocenters. The highest BCUT2D eigenvalue weighted by Crippen LogP contribution is 2.34. The number of hydrogen-bond acceptors (Lipinski definition) is 6. The van der Waals surface area contributed by atoms with Crippen LogP contribution in [0.5, 0.6) is 0 Å². The number of aromatic nitrogens is 1. The second kappa shape index (κ2) is 11.0. The predicted molar refractivity (Wildman–Crippen MR) is 109 cm³/mol. The van der Waals surface area contributed by atoms with Gasteiger partial charge in [0.05, 0.1) is 10.4 Å². The summed E-state index contributed by atoms with van der Waals surface area (Å²) in [5, 5.41) is 25.9. The predicted octanol–water partition coefficient (Wildman–Crippen LogP) is 2.96. The summed E-state index contributed by atoms with van der Waals surface area (Å²) in [5.74, 6) is -1.89. The second-order valence-electron chi connectivity index (χ2n) is 7.08. The lowest BCUT2D eigenvalue weighted by Crippen LogP contribution is -2.36. The zero-order chi connectivity index (χ0) is 21.4. The summed E-state index contributed by atoms with van der Waals surface area (Å²) in [5.41, 5.74) is 1.14. The number of aliphatic hydroxyl groups excluding tert-OH is 1. The van der Waals surface area contributed by atoms with Crippen LogP contribution >= 0.6 is 11.5 Å². The lowest BCUT2D eigenvalue weighted by Gasteiger charge is -2.32. The molecule has 3 rings (SSSR count). The first-order valence-electron chi connectivity index (χ1n) is 9.32. The number of rotatable bonds is 6. The molecule has 2 heterocycles. The van der Waals surface area contributed by atoms with Gasteiger partial charge in [-0.1, -0.05) is 6.92 Å². The molecule has 0 bridgehead atoms. The van der Waals surface area contributed by atoms with Gasteiger partial charge in [-0.2, -0.15) is 4.37 Å². The van der Waals surface area contributed by atoms with E-state index >= 15 is 0 Å². The highest BCUT2D eigenvalue weighted by molar-refractivity contribution is 7.13. The Morgan fingerprint density at radius 1 is 1.28 bits per heavy atom. The summed E-state index contributed by atoms with van der Waals surface area (Å²) in [6.45, 7) is 5.40. The van der Waals surface area contributed by atoms with Gasteiger partial charge in [0, 0.05) is 36.6 Å². The monoisotopic (exact) mass is 424 g/mol. The van der Waals surface area contributed by atoms with Crippen LogP contribution in [0, 0.1) is 11.7 Å². The van der Waals surface area contributed by atoms with Gasteiger partial charge in [0.15, 0.2) is 0 Å². The third kappa shape index (κ3) is 7.19. The third-order valence-corrected chi connectivity index (χ3v) is 5.51. The number of carboxylic acid groups (broad SMARTS) is 2. The van der Waals surface area contributed by atoms with Gasteiger partial charge >= 0.3 is 11.9 Å². The third-order valence-electron chi connectivity index (χ3n) is 4.69. The van der Waals surface area contributed by atoms with Gasteiger partial charge in [-0.25, -0.2) is 14.0 Å². The summed E-state index contributed by atoms with van der Waals surface area (Å²) in [4.78, 5) is 21.5. The van der Waals surface area contributed by atoms with Gasteiger partial charge in [0.2, 0.25) is 0 Å². The number of likely N-dealkylation sites (tertiary alicyclic amines) is 1. The molecular formula is C20H25FN2O5S. The second-order valence-corrected chi connectivity index (χ2v) is 7.89. The molecule has 0 amide bonds. The van der Waals surface area contributed by atoms with E-state index in [1.807, 2.05) is 6.07 Å². The lowest BCUT2D eigenvalue weighted by molar-refractivity contribution is -0.134. The molecule has 0 unspecified atom stereocenters. The zero-order valence-electron chi connectivity index (χ0n) is 16.1. The van der Waals surface area contributed by atoms with Crippen LogP contribution in [0.1, 0.15) is 31.4 Å². The first kappa shape index (κ1) is 22.9. The van der Waals surface area contributed by atoms with Crippen molar-refractivity contribution in [3.05, 3.63) is 41.9 Å². The SMILES string of the molecule is C[C@H](CO)CN1CCC(c2nsc3cc(F)ccc23)CC1.O=C(O)C=CC(=O)O. The van der Waals surface area contributed by atoms with Crippen molar-refractivity contribution in [2.75, 3.05) is 26.2 Å². The van der Waals surface area contributed by atoms with E-state index in [1.165, 1.54) is 17.6 Å². The summed E-state index contributed by atoms with van der Waals surface area (Å²) in [6, 6.07) is 4.97. The Kier molecular flexibility index (Phi) is 8.69. The molecule has 1 aromatic heterocycles. The van der Waals surface area contributed by atoms with Crippen LogP contribution in [0.4, 0.5) is 4.39 Å². The molecule has 9 heteroatoms. The van der Waals surface area contributed by atoms with Crippen LogP contribution in [0.25, 0.3) is 10.1 Å². The van der Waals surface area contributed by atoms with E-state index in [4.69, 9.17) is 15.3 Å². The van der Waals surface area contributed by atoms with E-state index < -0.39 is 11.9 Å². The molecule has 1 aliphatic heterocycles. The molecule has 158 valence electrons. The van der Waals surface area contributed by atoms with Crippen molar-refractivity contribution >= 4 is 33.6 Å².